The molecule has 27 heavy (non-hydrogen) atoms. The highest BCUT2D eigenvalue weighted by atomic mass is 32.2. The van der Waals surface area contributed by atoms with Crippen molar-refractivity contribution in [1.29, 1.82) is 0 Å². The lowest BCUT2D eigenvalue weighted by atomic mass is 10.2. The average molecular weight is 393 g/mol. The molecule has 0 aliphatic carbocycles. The third kappa shape index (κ3) is 3.79. The molecule has 1 saturated heterocycles. The maximum absolute atomic E-state index is 14.2. The summed E-state index contributed by atoms with van der Waals surface area (Å²) in [6.07, 6.45) is 0. The van der Waals surface area contributed by atoms with E-state index in [1.54, 1.807) is 24.0 Å². The van der Waals surface area contributed by atoms with Gasteiger partial charge in [-0.3, -0.25) is 10.1 Å². The van der Waals surface area contributed by atoms with Crippen LogP contribution < -0.4 is 4.90 Å². The third-order valence-electron chi connectivity index (χ3n) is 4.67. The van der Waals surface area contributed by atoms with E-state index < -0.39 is 20.8 Å². The van der Waals surface area contributed by atoms with Gasteiger partial charge in [-0.2, -0.15) is 4.31 Å². The van der Waals surface area contributed by atoms with E-state index in [9.17, 15) is 22.9 Å². The summed E-state index contributed by atoms with van der Waals surface area (Å²) >= 11 is 0. The number of non-ortho nitro benzene ring substituents is 1. The summed E-state index contributed by atoms with van der Waals surface area (Å²) in [5.41, 5.74) is 1.61. The number of rotatable bonds is 4. The van der Waals surface area contributed by atoms with E-state index in [1.807, 2.05) is 13.0 Å². The third-order valence-corrected chi connectivity index (χ3v) is 6.73. The number of hydrogen-bond acceptors (Lipinski definition) is 5. The summed E-state index contributed by atoms with van der Waals surface area (Å²) < 4.78 is 41.4. The summed E-state index contributed by atoms with van der Waals surface area (Å²) in [5, 5.41) is 10.7. The van der Waals surface area contributed by atoms with Gasteiger partial charge in [0.1, 0.15) is 0 Å². The Morgan fingerprint density at radius 2 is 1.70 bits per heavy atom. The van der Waals surface area contributed by atoms with Crippen molar-refractivity contribution in [3.05, 3.63) is 63.5 Å². The lowest BCUT2D eigenvalue weighted by Gasteiger charge is -2.35. The highest BCUT2D eigenvalue weighted by Gasteiger charge is 2.30. The van der Waals surface area contributed by atoms with E-state index in [0.29, 0.717) is 18.7 Å². The maximum atomic E-state index is 14.2. The molecule has 9 heteroatoms. The number of aryl methyl sites for hydroxylation is 2. The number of hydrogen-bond donors (Lipinski definition) is 0. The summed E-state index contributed by atoms with van der Waals surface area (Å²) in [4.78, 5) is 12.1. The molecular formula is C18H20FN3O4S. The summed E-state index contributed by atoms with van der Waals surface area (Å²) in [5.74, 6) is -0.685. The fourth-order valence-electron chi connectivity index (χ4n) is 3.26. The van der Waals surface area contributed by atoms with Crippen molar-refractivity contribution < 1.29 is 17.7 Å². The van der Waals surface area contributed by atoms with E-state index in [-0.39, 0.29) is 29.4 Å². The molecule has 0 spiro atoms. The molecule has 1 fully saturated rings. The van der Waals surface area contributed by atoms with Crippen molar-refractivity contribution in [3.8, 4) is 0 Å². The van der Waals surface area contributed by atoms with E-state index in [1.165, 1.54) is 16.4 Å². The Morgan fingerprint density at radius 1 is 1.04 bits per heavy atom. The first-order chi connectivity index (χ1) is 12.7. The number of benzene rings is 2. The molecule has 1 aliphatic heterocycles. The molecule has 0 atom stereocenters. The second-order valence-corrected chi connectivity index (χ2v) is 8.46. The predicted octanol–water partition coefficient (Wildman–Crippen LogP) is 2.86. The molecule has 0 saturated carbocycles. The number of nitrogens with zero attached hydrogens (tertiary/aromatic N) is 3. The van der Waals surface area contributed by atoms with Crippen LogP contribution in [-0.2, 0) is 10.0 Å². The van der Waals surface area contributed by atoms with Crippen LogP contribution in [0.25, 0.3) is 0 Å². The van der Waals surface area contributed by atoms with Crippen LogP contribution in [0.1, 0.15) is 11.1 Å². The van der Waals surface area contributed by atoms with Gasteiger partial charge in [-0.25, -0.2) is 12.8 Å². The molecule has 144 valence electrons. The summed E-state index contributed by atoms with van der Waals surface area (Å²) in [7, 11) is -3.62. The van der Waals surface area contributed by atoms with Crippen molar-refractivity contribution >= 4 is 21.4 Å². The minimum Gasteiger partial charge on any atom is -0.367 e. The second-order valence-electron chi connectivity index (χ2n) is 6.55. The Kier molecular flexibility index (Phi) is 5.16. The molecule has 1 heterocycles. The van der Waals surface area contributed by atoms with Crippen LogP contribution in [0, 0.1) is 29.8 Å². The van der Waals surface area contributed by atoms with Gasteiger partial charge >= 0.3 is 0 Å². The molecule has 0 N–H and O–H groups in total. The first-order valence-electron chi connectivity index (χ1n) is 8.46. The van der Waals surface area contributed by atoms with Crippen LogP contribution in [-0.4, -0.2) is 43.8 Å². The largest absolute Gasteiger partial charge is 0.367 e. The molecule has 0 bridgehead atoms. The van der Waals surface area contributed by atoms with Gasteiger partial charge in [0, 0.05) is 32.2 Å². The van der Waals surface area contributed by atoms with Crippen molar-refractivity contribution in [2.24, 2.45) is 0 Å². The monoisotopic (exact) mass is 393 g/mol. The van der Waals surface area contributed by atoms with Crippen LogP contribution in [0.3, 0.4) is 0 Å². The van der Waals surface area contributed by atoms with Gasteiger partial charge in [0.05, 0.1) is 21.6 Å². The van der Waals surface area contributed by atoms with Gasteiger partial charge in [0.25, 0.3) is 5.69 Å². The minimum absolute atomic E-state index is 0.214. The van der Waals surface area contributed by atoms with Crippen LogP contribution >= 0.6 is 0 Å². The Bertz CT molecular complexity index is 986. The second kappa shape index (κ2) is 7.24. The zero-order valence-corrected chi connectivity index (χ0v) is 15.9. The molecule has 7 nitrogen and oxygen atoms in total. The van der Waals surface area contributed by atoms with E-state index in [4.69, 9.17) is 0 Å². The first-order valence-corrected chi connectivity index (χ1v) is 9.90. The molecular weight excluding hydrogens is 373 g/mol. The molecule has 0 amide bonds. The fraction of sp³-hybridized carbons (Fsp3) is 0.333. The lowest BCUT2D eigenvalue weighted by molar-refractivity contribution is -0.385. The van der Waals surface area contributed by atoms with Gasteiger partial charge < -0.3 is 4.90 Å². The molecule has 2 aromatic carbocycles. The van der Waals surface area contributed by atoms with E-state index >= 15 is 0 Å². The quantitative estimate of drug-likeness (QED) is 0.589. The zero-order chi connectivity index (χ0) is 19.8. The Hall–Kier alpha value is -2.52. The number of nitro groups is 1. The number of piperazine rings is 1. The zero-order valence-electron chi connectivity index (χ0n) is 15.1. The van der Waals surface area contributed by atoms with Crippen LogP contribution in [0.4, 0.5) is 15.8 Å². The van der Waals surface area contributed by atoms with Crippen LogP contribution in [0.15, 0.2) is 41.3 Å². The highest BCUT2D eigenvalue weighted by molar-refractivity contribution is 7.89. The van der Waals surface area contributed by atoms with Crippen molar-refractivity contribution in [2.45, 2.75) is 18.7 Å². The van der Waals surface area contributed by atoms with Crippen molar-refractivity contribution in [2.75, 3.05) is 31.1 Å². The summed E-state index contributed by atoms with van der Waals surface area (Å²) in [6.45, 7) is 4.71. The number of sulfonamides is 1. The van der Waals surface area contributed by atoms with Gasteiger partial charge in [-0.05, 0) is 31.5 Å². The SMILES string of the molecule is Cc1ccc(S(=O)(=O)N2CCN(c3ccc([N+](=O)[O-])cc3F)CC2)c(C)c1. The van der Waals surface area contributed by atoms with Crippen LogP contribution in [0.5, 0.6) is 0 Å². The Labute approximate surface area is 157 Å². The minimum atomic E-state index is -3.62. The Morgan fingerprint density at radius 3 is 2.26 bits per heavy atom. The van der Waals surface area contributed by atoms with Crippen molar-refractivity contribution in [3.63, 3.8) is 0 Å². The normalized spacial score (nSPS) is 15.7. The molecule has 1 aliphatic rings. The molecule has 0 unspecified atom stereocenters. The number of halogens is 1. The lowest BCUT2D eigenvalue weighted by Crippen LogP contribution is -2.49. The Balaban J connectivity index is 1.76. The van der Waals surface area contributed by atoms with E-state index in [2.05, 4.69) is 0 Å². The first kappa shape index (κ1) is 19.2. The molecule has 0 radical (unpaired) electrons. The maximum Gasteiger partial charge on any atom is 0.272 e. The van der Waals surface area contributed by atoms with Crippen LogP contribution in [0.2, 0.25) is 0 Å². The van der Waals surface area contributed by atoms with Gasteiger partial charge in [-0.1, -0.05) is 17.7 Å². The van der Waals surface area contributed by atoms with E-state index in [0.717, 1.165) is 11.6 Å². The smallest absolute Gasteiger partial charge is 0.272 e. The molecule has 0 aromatic heterocycles. The van der Waals surface area contributed by atoms with Gasteiger partial charge in [0.2, 0.25) is 10.0 Å². The standard InChI is InChI=1S/C18H20FN3O4S/c1-13-3-6-18(14(2)11-13)27(25,26)21-9-7-20(8-10-21)17-5-4-15(22(23)24)12-16(17)19/h3-6,11-12H,7-10H2,1-2H3. The average Bonchev–Trinajstić information content (AvgIpc) is 2.61. The van der Waals surface area contributed by atoms with Crippen molar-refractivity contribution in [1.82, 2.24) is 4.31 Å². The van der Waals surface area contributed by atoms with Gasteiger partial charge in [-0.15, -0.1) is 0 Å². The van der Waals surface area contributed by atoms with Gasteiger partial charge in [0.15, 0.2) is 5.82 Å². The summed E-state index contributed by atoms with van der Waals surface area (Å²) in [6, 6.07) is 8.70. The highest BCUT2D eigenvalue weighted by Crippen LogP contribution is 2.27. The topological polar surface area (TPSA) is 83.8 Å². The number of anilines is 1. The predicted molar refractivity (Wildman–Crippen MR) is 99.9 cm³/mol. The molecule has 3 rings (SSSR count). The number of nitro benzene ring substituents is 1. The molecule has 2 aromatic rings. The fourth-order valence-corrected chi connectivity index (χ4v) is 4.89.